The first kappa shape index (κ1) is 13.4. The van der Waals surface area contributed by atoms with Gasteiger partial charge in [0.1, 0.15) is 11.2 Å². The number of aryl methyl sites for hydroxylation is 1. The molecule has 0 atom stereocenters. The van der Waals surface area contributed by atoms with Crippen molar-refractivity contribution in [3.63, 3.8) is 0 Å². The van der Waals surface area contributed by atoms with Gasteiger partial charge in [0.25, 0.3) is 0 Å². The fourth-order valence-corrected chi connectivity index (χ4v) is 7.01. The van der Waals surface area contributed by atoms with E-state index in [4.69, 9.17) is 27.7 Å². The Morgan fingerprint density at radius 1 is 0.358 bits per heavy atom. The highest BCUT2D eigenvalue weighted by molar-refractivity contribution is 6.26. The molecule has 0 saturated heterocycles. The zero-order valence-electron chi connectivity index (χ0n) is 55.4. The molecule has 1 nitrogen and oxygen atoms in total. The Kier molecular flexibility index (Phi) is 2.88. The molecule has 0 saturated carbocycles. The second kappa shape index (κ2) is 11.4. The first-order chi connectivity index (χ1) is 37.8. The van der Waals surface area contributed by atoms with Crippen molar-refractivity contribution in [1.29, 1.82) is 0 Å². The third-order valence-corrected chi connectivity index (χ3v) is 9.32. The van der Waals surface area contributed by atoms with Gasteiger partial charge >= 0.3 is 0 Å². The summed E-state index contributed by atoms with van der Waals surface area (Å²) in [6, 6.07) is -23.4. The summed E-state index contributed by atoms with van der Waals surface area (Å²) in [4.78, 5) is 0. The van der Waals surface area contributed by atoms with E-state index >= 15 is 0 Å². The fraction of sp³-hybridized carbons (Fsp3) is 0.0385. The molecule has 0 amide bonds. The number of benzene rings is 10. The van der Waals surface area contributed by atoms with Crippen molar-refractivity contribution in [2.45, 2.75) is 13.8 Å². The second-order valence-corrected chi connectivity index (χ2v) is 12.3. The molecule has 0 aliphatic rings. The summed E-state index contributed by atoms with van der Waals surface area (Å²) >= 11 is 0. The van der Waals surface area contributed by atoms with E-state index in [1.54, 1.807) is 0 Å². The van der Waals surface area contributed by atoms with Crippen LogP contribution in [0.3, 0.4) is 0 Å². The molecule has 1 heteroatoms. The minimum absolute atomic E-state index is 0.0349. The standard InChI is InChI=1S/C52H34O/c1-31-11-9-13-37-29-47-45(30-44(31)37)52-43(19-10-20-46(52)53-47)51-41-17-7-5-15-39(41)49(40-16-6-8-18-42(40)51)35-27-25-34(26-28-35)48-32(2)21-22-36-24-23-33-12-3-4-14-38(33)50(36)48/h3-30H,1-2H3/i3D,4D,5D,6D,7D,8D,9D,10D,11D,12D,13D,14D,15D,16D,17D,18D,19D,20D,21D,22D,23D,24D,25D,26D,27D,28D,29D,30D. The Hall–Kier alpha value is -6.70. The molecule has 10 aromatic carbocycles. The predicted molar refractivity (Wildman–Crippen MR) is 227 cm³/mol. The van der Waals surface area contributed by atoms with E-state index in [-0.39, 0.29) is 21.9 Å². The van der Waals surface area contributed by atoms with E-state index in [1.807, 2.05) is 0 Å². The van der Waals surface area contributed by atoms with Gasteiger partial charge in [0, 0.05) is 10.8 Å². The molecule has 248 valence electrons. The van der Waals surface area contributed by atoms with Gasteiger partial charge in [0.2, 0.25) is 0 Å². The minimum Gasteiger partial charge on any atom is -0.456 e. The van der Waals surface area contributed by atoms with Gasteiger partial charge in [0.15, 0.2) is 0 Å². The number of furan rings is 1. The Morgan fingerprint density at radius 3 is 1.68 bits per heavy atom. The van der Waals surface area contributed by atoms with Crippen LogP contribution in [0.2, 0.25) is 0 Å². The number of fused-ring (bicyclic) bond motifs is 9. The molecule has 53 heavy (non-hydrogen) atoms. The molecule has 1 heterocycles. The third kappa shape index (κ3) is 4.44. The Bertz CT molecular complexity index is 4810. The molecule has 0 bridgehead atoms. The minimum atomic E-state index is -1.05. The summed E-state index contributed by atoms with van der Waals surface area (Å²) < 4.78 is 263. The van der Waals surface area contributed by atoms with E-state index in [1.165, 1.54) is 13.8 Å². The summed E-state index contributed by atoms with van der Waals surface area (Å²) in [5, 5.41) is -6.04. The molecule has 11 rings (SSSR count). The second-order valence-electron chi connectivity index (χ2n) is 12.3. The van der Waals surface area contributed by atoms with Crippen LogP contribution in [0.1, 0.15) is 49.5 Å². The van der Waals surface area contributed by atoms with Crippen LogP contribution in [0.5, 0.6) is 0 Å². The van der Waals surface area contributed by atoms with Crippen molar-refractivity contribution >= 4 is 75.8 Å². The van der Waals surface area contributed by atoms with Crippen LogP contribution < -0.4 is 0 Å². The molecule has 0 N–H and O–H groups in total. The number of rotatable bonds is 3. The van der Waals surface area contributed by atoms with E-state index in [9.17, 15) is 15.1 Å². The molecule has 0 spiro atoms. The van der Waals surface area contributed by atoms with Crippen LogP contribution >= 0.6 is 0 Å². The highest BCUT2D eigenvalue weighted by Crippen LogP contribution is 2.48. The van der Waals surface area contributed by atoms with Gasteiger partial charge in [-0.1, -0.05) is 151 Å². The summed E-state index contributed by atoms with van der Waals surface area (Å²) in [6.07, 6.45) is 0. The van der Waals surface area contributed by atoms with Crippen molar-refractivity contribution in [2.75, 3.05) is 0 Å². The van der Waals surface area contributed by atoms with Crippen molar-refractivity contribution in [2.24, 2.45) is 0 Å². The molecule has 0 unspecified atom stereocenters. The molecule has 0 fully saturated rings. The zero-order valence-corrected chi connectivity index (χ0v) is 27.4. The van der Waals surface area contributed by atoms with E-state index < -0.39 is 268 Å². The largest absolute Gasteiger partial charge is 0.456 e. The molecule has 0 radical (unpaired) electrons. The Labute approximate surface area is 346 Å². The van der Waals surface area contributed by atoms with Gasteiger partial charge in [-0.15, -0.1) is 0 Å². The lowest BCUT2D eigenvalue weighted by molar-refractivity contribution is 0.669. The maximum atomic E-state index is 9.84. The van der Waals surface area contributed by atoms with Gasteiger partial charge < -0.3 is 4.42 Å². The zero-order chi connectivity index (χ0) is 59.6. The highest BCUT2D eigenvalue weighted by atomic mass is 16.3. The Balaban J connectivity index is 1.40. The van der Waals surface area contributed by atoms with Gasteiger partial charge in [-0.25, -0.2) is 0 Å². The summed E-state index contributed by atoms with van der Waals surface area (Å²) in [5.41, 5.74) is -5.33. The van der Waals surface area contributed by atoms with Crippen LogP contribution in [0.25, 0.3) is 109 Å². The van der Waals surface area contributed by atoms with Gasteiger partial charge in [-0.2, -0.15) is 0 Å². The molecular formula is C52H34O. The maximum Gasteiger partial charge on any atom is 0.136 e. The topological polar surface area (TPSA) is 13.1 Å². The molecule has 1 aromatic heterocycles. The Morgan fingerprint density at radius 2 is 0.943 bits per heavy atom. The summed E-state index contributed by atoms with van der Waals surface area (Å²) in [7, 11) is 0. The number of hydrogen-bond donors (Lipinski definition) is 0. The number of hydrogen-bond acceptors (Lipinski definition) is 1. The normalized spacial score (nSPS) is 19.4. The van der Waals surface area contributed by atoms with Crippen LogP contribution in [-0.4, -0.2) is 0 Å². The highest BCUT2D eigenvalue weighted by Gasteiger charge is 2.21. The monoisotopic (exact) mass is 702 g/mol. The van der Waals surface area contributed by atoms with Crippen molar-refractivity contribution in [1.82, 2.24) is 0 Å². The van der Waals surface area contributed by atoms with Crippen LogP contribution in [0.15, 0.2) is 174 Å². The van der Waals surface area contributed by atoms with E-state index in [0.29, 0.717) is 0 Å². The lowest BCUT2D eigenvalue weighted by atomic mass is 9.84. The van der Waals surface area contributed by atoms with Crippen LogP contribution in [0, 0.1) is 13.8 Å². The first-order valence-corrected chi connectivity index (χ1v) is 16.2. The first-order valence-electron chi connectivity index (χ1n) is 30.2. The van der Waals surface area contributed by atoms with Crippen molar-refractivity contribution in [3.05, 3.63) is 180 Å². The molecule has 11 aromatic rings. The third-order valence-electron chi connectivity index (χ3n) is 9.32. The lowest BCUT2D eigenvalue weighted by Gasteiger charge is -2.19. The predicted octanol–water partition coefficient (Wildman–Crippen LogP) is 15.0. The quantitative estimate of drug-likeness (QED) is 0.132. The molecule has 0 aliphatic heterocycles. The molecule has 0 aliphatic carbocycles. The van der Waals surface area contributed by atoms with Crippen molar-refractivity contribution in [3.8, 4) is 33.4 Å². The van der Waals surface area contributed by atoms with E-state index in [0.717, 1.165) is 0 Å². The maximum absolute atomic E-state index is 9.84. The lowest BCUT2D eigenvalue weighted by Crippen LogP contribution is -1.92. The van der Waals surface area contributed by atoms with E-state index in [2.05, 4.69) is 0 Å². The van der Waals surface area contributed by atoms with Gasteiger partial charge in [-0.05, 0) is 130 Å². The molecular weight excluding hydrogens is 641 g/mol. The average molecular weight is 703 g/mol. The van der Waals surface area contributed by atoms with Gasteiger partial charge in [-0.3, -0.25) is 0 Å². The van der Waals surface area contributed by atoms with Crippen molar-refractivity contribution < 1.29 is 42.8 Å². The summed E-state index contributed by atoms with van der Waals surface area (Å²) in [5.74, 6) is 0. The smallest absolute Gasteiger partial charge is 0.136 e. The van der Waals surface area contributed by atoms with Gasteiger partial charge in [0.05, 0.1) is 38.4 Å². The SMILES string of the molecule is [2H]c1c([2H])c(-c2c(C)c([2H])c([2H])c3c([2H])c([2H])c4c([2H])c([2H])c([2H])c([2H])c4c23)c([2H])c([2H])c1-c1c2c([2H])c([2H])c([2H])c([2H])c2c(-c2c([2H])c([2H])c([2H])c3oc4c([2H])c5c([2H])c([2H])c([2H])c(C)c5c([2H])c4c23)c2c([2H])c([2H])c([2H])c([2H])c12. The average Bonchev–Trinajstić information content (AvgIpc) is 3.34. The van der Waals surface area contributed by atoms with Crippen LogP contribution in [0.4, 0.5) is 0 Å². The summed E-state index contributed by atoms with van der Waals surface area (Å²) in [6.45, 7) is 2.63. The fourth-order valence-electron chi connectivity index (χ4n) is 7.01. The van der Waals surface area contributed by atoms with Crippen LogP contribution in [-0.2, 0) is 0 Å².